The number of carbonyl (C=O) groups excluding carboxylic acids is 1. The van der Waals surface area contributed by atoms with Gasteiger partial charge < -0.3 is 14.8 Å². The molecule has 0 spiro atoms. The first kappa shape index (κ1) is 17.3. The van der Waals surface area contributed by atoms with Crippen LogP contribution in [0.25, 0.3) is 0 Å². The molecule has 3 rings (SSSR count). The third-order valence-electron chi connectivity index (χ3n) is 3.72. The van der Waals surface area contributed by atoms with E-state index in [4.69, 9.17) is 21.1 Å². The average Bonchev–Trinajstić information content (AvgIpc) is 3.09. The molecule has 1 N–H and O–H groups in total. The van der Waals surface area contributed by atoms with Crippen molar-refractivity contribution in [2.24, 2.45) is 0 Å². The van der Waals surface area contributed by atoms with Crippen LogP contribution in [-0.4, -0.2) is 36.3 Å². The van der Waals surface area contributed by atoms with Crippen molar-refractivity contribution in [3.05, 3.63) is 51.2 Å². The van der Waals surface area contributed by atoms with Gasteiger partial charge in [0.2, 0.25) is 0 Å². The first-order chi connectivity index (χ1) is 11.6. The van der Waals surface area contributed by atoms with E-state index in [1.807, 2.05) is 5.38 Å². The summed E-state index contributed by atoms with van der Waals surface area (Å²) in [5.74, 6) is -1.12. The first-order valence-corrected chi connectivity index (χ1v) is 8.78. The van der Waals surface area contributed by atoms with Crippen molar-refractivity contribution in [2.45, 2.75) is 25.2 Å². The molecular formula is C16H16ClFN2O3S. The Balaban J connectivity index is 1.64. The molecule has 1 fully saturated rings. The van der Waals surface area contributed by atoms with Gasteiger partial charge in [-0.1, -0.05) is 11.6 Å². The quantitative estimate of drug-likeness (QED) is 0.878. The normalized spacial score (nSPS) is 20.8. The molecule has 1 aromatic carbocycles. The van der Waals surface area contributed by atoms with E-state index in [0.717, 1.165) is 5.69 Å². The van der Waals surface area contributed by atoms with E-state index >= 15 is 0 Å². The van der Waals surface area contributed by atoms with E-state index in [1.165, 1.54) is 29.5 Å². The second-order valence-corrected chi connectivity index (χ2v) is 6.55. The van der Waals surface area contributed by atoms with Gasteiger partial charge in [0.25, 0.3) is 5.91 Å². The van der Waals surface area contributed by atoms with Crippen molar-refractivity contribution >= 4 is 28.8 Å². The smallest absolute Gasteiger partial charge is 0.254 e. The first-order valence-electron chi connectivity index (χ1n) is 7.46. The third-order valence-corrected chi connectivity index (χ3v) is 4.59. The van der Waals surface area contributed by atoms with Crippen LogP contribution in [0.15, 0.2) is 29.1 Å². The number of aromatic nitrogens is 1. The minimum absolute atomic E-state index is 0.0766. The summed E-state index contributed by atoms with van der Waals surface area (Å²) in [6.07, 6.45) is 0.280. The highest BCUT2D eigenvalue weighted by Crippen LogP contribution is 2.18. The highest BCUT2D eigenvalue weighted by atomic mass is 35.5. The summed E-state index contributed by atoms with van der Waals surface area (Å²) >= 11 is 7.33. The van der Waals surface area contributed by atoms with E-state index in [2.05, 4.69) is 10.3 Å². The van der Waals surface area contributed by atoms with E-state index < -0.39 is 11.7 Å². The summed E-state index contributed by atoms with van der Waals surface area (Å²) < 4.78 is 25.1. The molecule has 0 radical (unpaired) electrons. The molecule has 1 saturated heterocycles. The lowest BCUT2D eigenvalue weighted by Crippen LogP contribution is -2.50. The maximum atomic E-state index is 13.8. The van der Waals surface area contributed by atoms with Crippen molar-refractivity contribution in [1.82, 2.24) is 10.3 Å². The van der Waals surface area contributed by atoms with Crippen molar-refractivity contribution in [3.63, 3.8) is 0 Å². The number of rotatable bonds is 5. The molecule has 1 aliphatic heterocycles. The van der Waals surface area contributed by atoms with Gasteiger partial charge in [-0.2, -0.15) is 0 Å². The van der Waals surface area contributed by atoms with Gasteiger partial charge in [-0.25, -0.2) is 9.37 Å². The Morgan fingerprint density at radius 2 is 2.42 bits per heavy atom. The summed E-state index contributed by atoms with van der Waals surface area (Å²) in [5, 5.41) is 5.03. The van der Waals surface area contributed by atoms with Crippen LogP contribution in [0, 0.1) is 5.82 Å². The standard InChI is InChI=1S/C16H16ClFN2O3S/c17-10-1-2-13(18)12(5-10)16(21)20-14-3-4-22-7-15(14)23-6-11-8-24-9-19-11/h1-2,5,8-9,14-15H,3-4,6-7H2,(H,20,21)/t14-,15-/m1/s1. The molecule has 8 heteroatoms. The van der Waals surface area contributed by atoms with Crippen molar-refractivity contribution in [2.75, 3.05) is 13.2 Å². The number of benzene rings is 1. The molecule has 5 nitrogen and oxygen atoms in total. The van der Waals surface area contributed by atoms with Gasteiger partial charge in [0.1, 0.15) is 11.9 Å². The van der Waals surface area contributed by atoms with Gasteiger partial charge in [0, 0.05) is 17.0 Å². The fourth-order valence-electron chi connectivity index (χ4n) is 2.46. The highest BCUT2D eigenvalue weighted by molar-refractivity contribution is 7.07. The van der Waals surface area contributed by atoms with Crippen LogP contribution in [0.3, 0.4) is 0 Å². The molecule has 1 amide bonds. The molecule has 2 aromatic rings. The number of hydrogen-bond acceptors (Lipinski definition) is 5. The predicted molar refractivity (Wildman–Crippen MR) is 88.8 cm³/mol. The second-order valence-electron chi connectivity index (χ2n) is 5.40. The van der Waals surface area contributed by atoms with E-state index in [9.17, 15) is 9.18 Å². The summed E-state index contributed by atoms with van der Waals surface area (Å²) in [6.45, 7) is 1.22. The fraction of sp³-hybridized carbons (Fsp3) is 0.375. The SMILES string of the molecule is O=C(N[C@@H]1CCOC[C@H]1OCc1cscn1)c1cc(Cl)ccc1F. The van der Waals surface area contributed by atoms with Gasteiger partial charge in [0.05, 0.1) is 36.0 Å². The molecule has 0 saturated carbocycles. The Morgan fingerprint density at radius 1 is 1.54 bits per heavy atom. The van der Waals surface area contributed by atoms with Crippen LogP contribution >= 0.6 is 22.9 Å². The zero-order chi connectivity index (χ0) is 16.9. The topological polar surface area (TPSA) is 60.5 Å². The van der Waals surface area contributed by atoms with Gasteiger partial charge in [0.15, 0.2) is 0 Å². The lowest BCUT2D eigenvalue weighted by atomic mass is 10.0. The number of hydrogen-bond donors (Lipinski definition) is 1. The molecule has 0 unspecified atom stereocenters. The number of ether oxygens (including phenoxy) is 2. The minimum Gasteiger partial charge on any atom is -0.379 e. The van der Waals surface area contributed by atoms with Crippen LogP contribution in [-0.2, 0) is 16.1 Å². The number of amides is 1. The fourth-order valence-corrected chi connectivity index (χ4v) is 3.18. The second kappa shape index (κ2) is 8.02. The zero-order valence-electron chi connectivity index (χ0n) is 12.7. The summed E-state index contributed by atoms with van der Waals surface area (Å²) in [5.41, 5.74) is 2.49. The monoisotopic (exact) mass is 370 g/mol. The maximum absolute atomic E-state index is 13.8. The number of nitrogens with one attached hydrogen (secondary N) is 1. The molecule has 1 aliphatic rings. The summed E-state index contributed by atoms with van der Waals surface area (Å²) in [7, 11) is 0. The number of halogens is 2. The lowest BCUT2D eigenvalue weighted by Gasteiger charge is -2.32. The van der Waals surface area contributed by atoms with E-state index in [-0.39, 0.29) is 17.7 Å². The molecule has 0 bridgehead atoms. The van der Waals surface area contributed by atoms with Gasteiger partial charge in [-0.15, -0.1) is 11.3 Å². The number of thiazole rings is 1. The molecule has 24 heavy (non-hydrogen) atoms. The Bertz CT molecular complexity index is 699. The van der Waals surface area contributed by atoms with Gasteiger partial charge in [-0.05, 0) is 24.6 Å². The maximum Gasteiger partial charge on any atom is 0.254 e. The van der Waals surface area contributed by atoms with Gasteiger partial charge in [-0.3, -0.25) is 4.79 Å². The van der Waals surface area contributed by atoms with Crippen molar-refractivity contribution < 1.29 is 18.7 Å². The Labute approximate surface area is 147 Å². The molecule has 2 atom stereocenters. The lowest BCUT2D eigenvalue weighted by molar-refractivity contribution is -0.0742. The Kier molecular flexibility index (Phi) is 5.78. The van der Waals surface area contributed by atoms with Crippen LogP contribution in [0.4, 0.5) is 4.39 Å². The van der Waals surface area contributed by atoms with E-state index in [1.54, 1.807) is 5.51 Å². The van der Waals surface area contributed by atoms with Crippen LogP contribution in [0.1, 0.15) is 22.5 Å². The summed E-state index contributed by atoms with van der Waals surface area (Å²) in [6, 6.07) is 3.64. The van der Waals surface area contributed by atoms with Crippen molar-refractivity contribution in [1.29, 1.82) is 0 Å². The van der Waals surface area contributed by atoms with Crippen LogP contribution in [0.2, 0.25) is 5.02 Å². The number of nitrogens with zero attached hydrogens (tertiary/aromatic N) is 1. The van der Waals surface area contributed by atoms with Gasteiger partial charge >= 0.3 is 0 Å². The third kappa shape index (κ3) is 4.30. The van der Waals surface area contributed by atoms with E-state index in [0.29, 0.717) is 31.3 Å². The molecule has 1 aromatic heterocycles. The number of carbonyl (C=O) groups is 1. The minimum atomic E-state index is -0.607. The average molecular weight is 371 g/mol. The van der Waals surface area contributed by atoms with Crippen molar-refractivity contribution in [3.8, 4) is 0 Å². The van der Waals surface area contributed by atoms with Crippen LogP contribution in [0.5, 0.6) is 0 Å². The summed E-state index contributed by atoms with van der Waals surface area (Å²) in [4.78, 5) is 16.5. The highest BCUT2D eigenvalue weighted by Gasteiger charge is 2.29. The molecular weight excluding hydrogens is 355 g/mol. The molecule has 128 valence electrons. The Morgan fingerprint density at radius 3 is 3.21 bits per heavy atom. The molecule has 0 aliphatic carbocycles. The predicted octanol–water partition coefficient (Wildman–Crippen LogP) is 3.04. The Hall–Kier alpha value is -1.54. The van der Waals surface area contributed by atoms with Crippen LogP contribution < -0.4 is 5.32 Å². The zero-order valence-corrected chi connectivity index (χ0v) is 14.3. The molecule has 2 heterocycles. The largest absolute Gasteiger partial charge is 0.379 e.